The van der Waals surface area contributed by atoms with Crippen LogP contribution >= 0.6 is 0 Å². The van der Waals surface area contributed by atoms with E-state index in [1.807, 2.05) is 4.90 Å². The lowest BCUT2D eigenvalue weighted by atomic mass is 10.0. The molecule has 1 amide bonds. The molecule has 2 aromatic heterocycles. The van der Waals surface area contributed by atoms with Gasteiger partial charge in [0, 0.05) is 42.4 Å². The molecule has 1 fully saturated rings. The Morgan fingerprint density at radius 3 is 2.44 bits per heavy atom. The SMILES string of the molecule is COc1ccc(-c2nc3c(C(=O)N4CCN([C@H](CO)c5cccc(OC)c5F)C[C@H]4C)cnn3c(C(F)(F)F)c2C)cc1. The number of hydrogen-bond acceptors (Lipinski definition) is 7. The Morgan fingerprint density at radius 2 is 1.84 bits per heavy atom. The second kappa shape index (κ2) is 11.8. The third kappa shape index (κ3) is 5.50. The second-order valence-corrected chi connectivity index (χ2v) is 10.4. The van der Waals surface area contributed by atoms with Crippen molar-refractivity contribution in [2.45, 2.75) is 32.1 Å². The number of ether oxygens (including phenoxy) is 2. The molecule has 13 heteroatoms. The Kier molecular flexibility index (Phi) is 8.30. The van der Waals surface area contributed by atoms with E-state index in [2.05, 4.69) is 10.1 Å². The zero-order valence-electron chi connectivity index (χ0n) is 24.0. The molecule has 5 rings (SSSR count). The minimum absolute atomic E-state index is 0.0564. The van der Waals surface area contributed by atoms with Gasteiger partial charge >= 0.3 is 6.18 Å². The van der Waals surface area contributed by atoms with Crippen LogP contribution in [0.15, 0.2) is 48.7 Å². The normalized spacial score (nSPS) is 16.9. The van der Waals surface area contributed by atoms with E-state index in [-0.39, 0.29) is 60.0 Å². The van der Waals surface area contributed by atoms with E-state index < -0.39 is 35.7 Å². The molecule has 0 unspecified atom stereocenters. The number of aliphatic hydroxyl groups excluding tert-OH is 1. The first-order valence-corrected chi connectivity index (χ1v) is 13.6. The second-order valence-electron chi connectivity index (χ2n) is 10.4. The fourth-order valence-corrected chi connectivity index (χ4v) is 5.67. The summed E-state index contributed by atoms with van der Waals surface area (Å²) >= 11 is 0. The van der Waals surface area contributed by atoms with Crippen molar-refractivity contribution in [1.82, 2.24) is 24.4 Å². The molecule has 1 aliphatic rings. The van der Waals surface area contributed by atoms with E-state index in [0.29, 0.717) is 15.8 Å². The Bertz CT molecular complexity index is 1640. The zero-order chi connectivity index (χ0) is 31.1. The van der Waals surface area contributed by atoms with Gasteiger partial charge in [-0.05, 0) is 44.2 Å². The highest BCUT2D eigenvalue weighted by atomic mass is 19.4. The monoisotopic (exact) mass is 601 g/mol. The van der Waals surface area contributed by atoms with Gasteiger partial charge < -0.3 is 19.5 Å². The maximum absolute atomic E-state index is 15.0. The number of benzene rings is 2. The molecule has 4 aromatic rings. The van der Waals surface area contributed by atoms with Crippen molar-refractivity contribution in [2.75, 3.05) is 40.5 Å². The van der Waals surface area contributed by atoms with Gasteiger partial charge in [0.1, 0.15) is 11.3 Å². The number of aromatic nitrogens is 3. The first kappa shape index (κ1) is 30.2. The van der Waals surface area contributed by atoms with Crippen LogP contribution in [0, 0.1) is 12.7 Å². The predicted molar refractivity (Wildman–Crippen MR) is 150 cm³/mol. The molecular weight excluding hydrogens is 570 g/mol. The standard InChI is InChI=1S/C30H31F4N5O4/c1-17-15-37(23(16-40)21-6-5-7-24(43-4)25(21)31)12-13-38(17)29(41)22-14-35-39-27(30(32,33)34)18(2)26(36-28(22)39)19-8-10-20(42-3)11-9-19/h5-11,14,17,23,40H,12-13,15-16H2,1-4H3/t17-,23-/m1/s1. The number of alkyl halides is 3. The number of amides is 1. The molecule has 1 saturated heterocycles. The number of rotatable bonds is 7. The minimum atomic E-state index is -4.77. The summed E-state index contributed by atoms with van der Waals surface area (Å²) in [5.41, 5.74) is -0.677. The van der Waals surface area contributed by atoms with Crippen molar-refractivity contribution in [3.63, 3.8) is 0 Å². The van der Waals surface area contributed by atoms with Crippen LogP contribution in [0.5, 0.6) is 11.5 Å². The van der Waals surface area contributed by atoms with Gasteiger partial charge in [0.25, 0.3) is 5.91 Å². The van der Waals surface area contributed by atoms with Gasteiger partial charge in [-0.2, -0.15) is 18.3 Å². The summed E-state index contributed by atoms with van der Waals surface area (Å²) in [5.74, 6) is -0.512. The summed E-state index contributed by atoms with van der Waals surface area (Å²) < 4.78 is 68.9. The van der Waals surface area contributed by atoms with Crippen LogP contribution in [0.4, 0.5) is 17.6 Å². The molecule has 0 bridgehead atoms. The Labute approximate surface area is 245 Å². The molecular formula is C30H31F4N5O4. The molecule has 228 valence electrons. The van der Waals surface area contributed by atoms with Crippen LogP contribution in [-0.2, 0) is 6.18 Å². The molecule has 0 radical (unpaired) electrons. The highest BCUT2D eigenvalue weighted by Crippen LogP contribution is 2.37. The molecule has 2 atom stereocenters. The van der Waals surface area contributed by atoms with Crippen molar-refractivity contribution in [3.05, 3.63) is 76.9 Å². The van der Waals surface area contributed by atoms with E-state index >= 15 is 4.39 Å². The fourth-order valence-electron chi connectivity index (χ4n) is 5.67. The van der Waals surface area contributed by atoms with Crippen molar-refractivity contribution in [2.24, 2.45) is 0 Å². The van der Waals surface area contributed by atoms with Gasteiger partial charge in [-0.25, -0.2) is 13.9 Å². The summed E-state index contributed by atoms with van der Waals surface area (Å²) in [6, 6.07) is 10.0. The highest BCUT2D eigenvalue weighted by Gasteiger charge is 2.40. The van der Waals surface area contributed by atoms with Gasteiger partial charge in [-0.1, -0.05) is 12.1 Å². The van der Waals surface area contributed by atoms with Crippen LogP contribution in [-0.4, -0.2) is 81.9 Å². The Balaban J connectivity index is 1.48. The van der Waals surface area contributed by atoms with Crippen molar-refractivity contribution < 1.29 is 36.9 Å². The summed E-state index contributed by atoms with van der Waals surface area (Å²) in [5, 5.41) is 14.1. The first-order chi connectivity index (χ1) is 20.5. The Hall–Kier alpha value is -4.23. The molecule has 2 aromatic carbocycles. The number of halogens is 4. The Morgan fingerprint density at radius 1 is 1.12 bits per heavy atom. The number of piperazine rings is 1. The number of methoxy groups -OCH3 is 2. The third-order valence-corrected chi connectivity index (χ3v) is 7.85. The molecule has 43 heavy (non-hydrogen) atoms. The van der Waals surface area contributed by atoms with Gasteiger partial charge in [0.2, 0.25) is 0 Å². The largest absolute Gasteiger partial charge is 0.497 e. The van der Waals surface area contributed by atoms with Gasteiger partial charge in [-0.15, -0.1) is 0 Å². The summed E-state index contributed by atoms with van der Waals surface area (Å²) in [4.78, 5) is 21.7. The molecule has 0 saturated carbocycles. The number of hydrogen-bond donors (Lipinski definition) is 1. The number of aliphatic hydroxyl groups is 1. The maximum Gasteiger partial charge on any atom is 0.433 e. The summed E-state index contributed by atoms with van der Waals surface area (Å²) in [6.07, 6.45) is -3.66. The van der Waals surface area contributed by atoms with E-state index in [9.17, 15) is 23.1 Å². The first-order valence-electron chi connectivity index (χ1n) is 13.6. The average Bonchev–Trinajstić information content (AvgIpc) is 3.40. The quantitative estimate of drug-likeness (QED) is 0.306. The van der Waals surface area contributed by atoms with Crippen LogP contribution in [0.1, 0.15) is 40.1 Å². The van der Waals surface area contributed by atoms with Gasteiger partial charge in [0.15, 0.2) is 22.9 Å². The molecule has 9 nitrogen and oxygen atoms in total. The lowest BCUT2D eigenvalue weighted by Gasteiger charge is -2.43. The van der Waals surface area contributed by atoms with Crippen LogP contribution in [0.2, 0.25) is 0 Å². The number of nitrogens with zero attached hydrogens (tertiary/aromatic N) is 5. The lowest BCUT2D eigenvalue weighted by Crippen LogP contribution is -2.55. The minimum Gasteiger partial charge on any atom is -0.497 e. The van der Waals surface area contributed by atoms with Gasteiger partial charge in [-0.3, -0.25) is 9.69 Å². The van der Waals surface area contributed by atoms with Crippen molar-refractivity contribution in [3.8, 4) is 22.8 Å². The number of carbonyl (C=O) groups excluding carboxylic acids is 1. The fraction of sp³-hybridized carbons (Fsp3) is 0.367. The molecule has 1 N–H and O–H groups in total. The van der Waals surface area contributed by atoms with Crippen molar-refractivity contribution >= 4 is 11.6 Å². The molecule has 1 aliphatic heterocycles. The van der Waals surface area contributed by atoms with Gasteiger partial charge in [0.05, 0.1) is 38.8 Å². The van der Waals surface area contributed by atoms with E-state index in [0.717, 1.165) is 6.20 Å². The van der Waals surface area contributed by atoms with E-state index in [1.165, 1.54) is 32.1 Å². The van der Waals surface area contributed by atoms with E-state index in [4.69, 9.17) is 9.47 Å². The smallest absolute Gasteiger partial charge is 0.433 e. The molecule has 0 spiro atoms. The molecule has 0 aliphatic carbocycles. The number of fused-ring (bicyclic) bond motifs is 1. The van der Waals surface area contributed by atoms with Crippen LogP contribution < -0.4 is 9.47 Å². The summed E-state index contributed by atoms with van der Waals surface area (Å²) in [6.45, 7) is 3.49. The van der Waals surface area contributed by atoms with Crippen molar-refractivity contribution in [1.29, 1.82) is 0 Å². The number of carbonyl (C=O) groups is 1. The third-order valence-electron chi connectivity index (χ3n) is 7.85. The lowest BCUT2D eigenvalue weighted by molar-refractivity contribution is -0.143. The topological polar surface area (TPSA) is 92.4 Å². The predicted octanol–water partition coefficient (Wildman–Crippen LogP) is 4.76. The highest BCUT2D eigenvalue weighted by molar-refractivity contribution is 6.00. The molecule has 3 heterocycles. The average molecular weight is 602 g/mol. The zero-order valence-corrected chi connectivity index (χ0v) is 24.0. The van der Waals surface area contributed by atoms with Crippen LogP contribution in [0.3, 0.4) is 0 Å². The van der Waals surface area contributed by atoms with E-state index in [1.54, 1.807) is 43.3 Å². The van der Waals surface area contributed by atoms with Crippen LogP contribution in [0.25, 0.3) is 16.9 Å². The maximum atomic E-state index is 15.0. The summed E-state index contributed by atoms with van der Waals surface area (Å²) in [7, 11) is 2.84.